The van der Waals surface area contributed by atoms with Gasteiger partial charge < -0.3 is 4.74 Å². The number of unbranched alkanes of at least 4 members (excludes halogenated alkanes) is 2. The molecule has 2 aliphatic carbocycles. The standard InChI is InChI=1S/C36H48F4O/c1-4-6-7-8-25-9-11-26(12-10-25)13-14-27-15-17-28(18-16-27)19-20-29-24(3)23-31(35(39)33(29)37)30-21-22-32(41-5-2)36(40)34(30)38/h13-14,21-23,25-28H,4-12,15-20H2,1-3H3. The maximum absolute atomic E-state index is 15.2. The summed E-state index contributed by atoms with van der Waals surface area (Å²) >= 11 is 0. The molecule has 0 unspecified atom stereocenters. The predicted molar refractivity (Wildman–Crippen MR) is 160 cm³/mol. The maximum Gasteiger partial charge on any atom is 0.201 e. The number of rotatable bonds is 12. The summed E-state index contributed by atoms with van der Waals surface area (Å²) in [5, 5.41) is 0. The molecule has 5 heteroatoms. The summed E-state index contributed by atoms with van der Waals surface area (Å²) in [6.45, 7) is 5.82. The van der Waals surface area contributed by atoms with Crippen LogP contribution in [0.1, 0.15) is 108 Å². The topological polar surface area (TPSA) is 9.23 Å². The van der Waals surface area contributed by atoms with Crippen LogP contribution < -0.4 is 4.74 Å². The smallest absolute Gasteiger partial charge is 0.201 e. The van der Waals surface area contributed by atoms with Crippen molar-refractivity contribution < 1.29 is 22.3 Å². The first kappa shape index (κ1) is 31.6. The van der Waals surface area contributed by atoms with Crippen LogP contribution in [0.3, 0.4) is 0 Å². The van der Waals surface area contributed by atoms with Crippen molar-refractivity contribution in [2.24, 2.45) is 23.7 Å². The third-order valence-corrected chi connectivity index (χ3v) is 9.62. The Morgan fingerprint density at radius 2 is 1.29 bits per heavy atom. The molecule has 2 aliphatic rings. The summed E-state index contributed by atoms with van der Waals surface area (Å²) in [6, 6.07) is 3.93. The van der Waals surface area contributed by atoms with E-state index in [1.54, 1.807) is 13.8 Å². The van der Waals surface area contributed by atoms with Crippen molar-refractivity contribution in [1.82, 2.24) is 0 Å². The molecule has 1 nitrogen and oxygen atoms in total. The van der Waals surface area contributed by atoms with Crippen LogP contribution in [0.25, 0.3) is 11.1 Å². The van der Waals surface area contributed by atoms with Crippen LogP contribution in [0.15, 0.2) is 30.4 Å². The second-order valence-electron chi connectivity index (χ2n) is 12.5. The molecular weight excluding hydrogens is 524 g/mol. The Morgan fingerprint density at radius 1 is 0.707 bits per heavy atom. The van der Waals surface area contributed by atoms with E-state index in [4.69, 9.17) is 4.74 Å². The zero-order valence-corrected chi connectivity index (χ0v) is 25.2. The fourth-order valence-corrected chi connectivity index (χ4v) is 6.98. The summed E-state index contributed by atoms with van der Waals surface area (Å²) in [6.07, 6.45) is 21.7. The lowest BCUT2D eigenvalue weighted by Gasteiger charge is -2.29. The fourth-order valence-electron chi connectivity index (χ4n) is 6.98. The third kappa shape index (κ3) is 8.17. The summed E-state index contributed by atoms with van der Waals surface area (Å²) < 4.78 is 64.5. The highest BCUT2D eigenvalue weighted by Crippen LogP contribution is 2.38. The van der Waals surface area contributed by atoms with Crippen molar-refractivity contribution in [3.05, 3.63) is 64.7 Å². The van der Waals surface area contributed by atoms with Gasteiger partial charge in [-0.25, -0.2) is 13.2 Å². The van der Waals surface area contributed by atoms with Gasteiger partial charge >= 0.3 is 0 Å². The Bertz CT molecular complexity index is 1160. The number of hydrogen-bond donors (Lipinski definition) is 0. The van der Waals surface area contributed by atoms with Crippen molar-refractivity contribution >= 4 is 0 Å². The lowest BCUT2D eigenvalue weighted by molar-refractivity contribution is 0.282. The monoisotopic (exact) mass is 572 g/mol. The summed E-state index contributed by atoms with van der Waals surface area (Å²) in [7, 11) is 0. The normalized spacial score (nSPS) is 23.3. The summed E-state index contributed by atoms with van der Waals surface area (Å²) in [5.74, 6) is -1.94. The number of halogens is 4. The van der Waals surface area contributed by atoms with Gasteiger partial charge in [0.2, 0.25) is 5.82 Å². The number of benzene rings is 2. The number of allylic oxidation sites excluding steroid dienone is 2. The lowest BCUT2D eigenvalue weighted by atomic mass is 9.77. The zero-order chi connectivity index (χ0) is 29.4. The van der Waals surface area contributed by atoms with E-state index in [2.05, 4.69) is 19.1 Å². The molecule has 0 radical (unpaired) electrons. The van der Waals surface area contributed by atoms with Gasteiger partial charge in [-0.15, -0.1) is 0 Å². The van der Waals surface area contributed by atoms with Gasteiger partial charge in [0.1, 0.15) is 0 Å². The lowest BCUT2D eigenvalue weighted by Crippen LogP contribution is -2.16. The average molecular weight is 573 g/mol. The minimum absolute atomic E-state index is 0.172. The molecule has 0 saturated heterocycles. The molecule has 41 heavy (non-hydrogen) atoms. The molecular formula is C36H48F4O. The van der Waals surface area contributed by atoms with Gasteiger partial charge in [0.15, 0.2) is 23.2 Å². The van der Waals surface area contributed by atoms with Crippen molar-refractivity contribution in [3.8, 4) is 16.9 Å². The van der Waals surface area contributed by atoms with Crippen LogP contribution in [0.4, 0.5) is 17.6 Å². The molecule has 4 rings (SSSR count). The van der Waals surface area contributed by atoms with Crippen LogP contribution >= 0.6 is 0 Å². The molecule has 2 fully saturated rings. The Hall–Kier alpha value is -2.30. The number of aryl methyl sites for hydroxylation is 1. The first-order chi connectivity index (χ1) is 19.8. The molecule has 0 amide bonds. The molecule has 0 atom stereocenters. The van der Waals surface area contributed by atoms with Crippen LogP contribution in [0.5, 0.6) is 5.75 Å². The Morgan fingerprint density at radius 3 is 1.88 bits per heavy atom. The van der Waals surface area contributed by atoms with E-state index in [0.29, 0.717) is 29.4 Å². The van der Waals surface area contributed by atoms with Crippen molar-refractivity contribution in [3.63, 3.8) is 0 Å². The predicted octanol–water partition coefficient (Wildman–Crippen LogP) is 11.3. The number of hydrogen-bond acceptors (Lipinski definition) is 1. The van der Waals surface area contributed by atoms with E-state index < -0.39 is 23.3 Å². The minimum atomic E-state index is -1.23. The molecule has 0 N–H and O–H groups in total. The molecule has 2 aromatic carbocycles. The molecule has 226 valence electrons. The third-order valence-electron chi connectivity index (χ3n) is 9.62. The second-order valence-corrected chi connectivity index (χ2v) is 12.5. The van der Waals surface area contributed by atoms with Gasteiger partial charge in [-0.1, -0.05) is 44.8 Å². The van der Waals surface area contributed by atoms with E-state index in [-0.39, 0.29) is 23.5 Å². The Kier molecular flexibility index (Phi) is 11.8. The molecule has 0 aliphatic heterocycles. The molecule has 0 spiro atoms. The number of ether oxygens (including phenoxy) is 1. The van der Waals surface area contributed by atoms with Crippen LogP contribution in [0.2, 0.25) is 0 Å². The highest BCUT2D eigenvalue weighted by Gasteiger charge is 2.25. The molecule has 2 saturated carbocycles. The molecule has 0 aromatic heterocycles. The molecule has 0 bridgehead atoms. The van der Waals surface area contributed by atoms with Gasteiger partial charge in [-0.2, -0.15) is 4.39 Å². The van der Waals surface area contributed by atoms with Gasteiger partial charge in [-0.05, 0) is 131 Å². The second kappa shape index (κ2) is 15.3. The minimum Gasteiger partial charge on any atom is -0.491 e. The van der Waals surface area contributed by atoms with Crippen LogP contribution in [0, 0.1) is 53.9 Å². The highest BCUT2D eigenvalue weighted by molar-refractivity contribution is 5.67. The largest absolute Gasteiger partial charge is 0.491 e. The van der Waals surface area contributed by atoms with E-state index in [0.717, 1.165) is 43.9 Å². The quantitative estimate of drug-likeness (QED) is 0.140. The zero-order valence-electron chi connectivity index (χ0n) is 25.2. The van der Waals surface area contributed by atoms with E-state index in [1.165, 1.54) is 69.6 Å². The first-order valence-electron chi connectivity index (χ1n) is 16.1. The van der Waals surface area contributed by atoms with E-state index in [1.807, 2.05) is 0 Å². The first-order valence-corrected chi connectivity index (χ1v) is 16.1. The van der Waals surface area contributed by atoms with Crippen LogP contribution in [-0.2, 0) is 6.42 Å². The van der Waals surface area contributed by atoms with Crippen molar-refractivity contribution in [1.29, 1.82) is 0 Å². The Balaban J connectivity index is 1.27. The van der Waals surface area contributed by atoms with Gasteiger partial charge in [0.25, 0.3) is 0 Å². The van der Waals surface area contributed by atoms with Gasteiger partial charge in [0.05, 0.1) is 6.61 Å². The van der Waals surface area contributed by atoms with Gasteiger partial charge in [0, 0.05) is 11.1 Å². The van der Waals surface area contributed by atoms with E-state index >= 15 is 8.78 Å². The SMILES string of the molecule is CCCCCC1CCC(C=CC2CCC(CCc3c(C)cc(-c4ccc(OCC)c(F)c4F)c(F)c3F)CC2)CC1. The van der Waals surface area contributed by atoms with E-state index in [9.17, 15) is 8.78 Å². The van der Waals surface area contributed by atoms with Crippen molar-refractivity contribution in [2.75, 3.05) is 6.61 Å². The average Bonchev–Trinajstić information content (AvgIpc) is 2.98. The molecule has 0 heterocycles. The fraction of sp³-hybridized carbons (Fsp3) is 0.611. The summed E-state index contributed by atoms with van der Waals surface area (Å²) in [4.78, 5) is 0. The molecule has 2 aromatic rings. The summed E-state index contributed by atoms with van der Waals surface area (Å²) in [5.41, 5.74) is 0.332. The van der Waals surface area contributed by atoms with Crippen LogP contribution in [-0.4, -0.2) is 6.61 Å². The Labute approximate surface area is 244 Å². The highest BCUT2D eigenvalue weighted by atomic mass is 19.2. The van der Waals surface area contributed by atoms with Crippen molar-refractivity contribution in [2.45, 2.75) is 111 Å². The van der Waals surface area contributed by atoms with Gasteiger partial charge in [-0.3, -0.25) is 0 Å². The maximum atomic E-state index is 15.2.